The van der Waals surface area contributed by atoms with E-state index in [1.807, 2.05) is 6.07 Å². The molecule has 19 heavy (non-hydrogen) atoms. The highest BCUT2D eigenvalue weighted by Crippen LogP contribution is 2.31. The standard InChI is InChI=1S/C16H26N2O/c1-16(2,3)15(17)9-11-18-10-6-12-19-14-8-5-4-7-13(14)18/h4-5,7-8,15H,6,9-12,17H2,1-3H3. The molecule has 0 radical (unpaired) electrons. The van der Waals surface area contributed by atoms with Crippen molar-refractivity contribution in [1.82, 2.24) is 0 Å². The molecule has 2 N–H and O–H groups in total. The van der Waals surface area contributed by atoms with Crippen LogP contribution >= 0.6 is 0 Å². The number of hydrogen-bond acceptors (Lipinski definition) is 3. The van der Waals surface area contributed by atoms with Crippen molar-refractivity contribution in [2.75, 3.05) is 24.6 Å². The fourth-order valence-electron chi connectivity index (χ4n) is 2.36. The minimum atomic E-state index is 0.169. The molecule has 2 rings (SSSR count). The van der Waals surface area contributed by atoms with Crippen LogP contribution in [0.15, 0.2) is 24.3 Å². The number of rotatable bonds is 3. The van der Waals surface area contributed by atoms with Gasteiger partial charge < -0.3 is 15.4 Å². The van der Waals surface area contributed by atoms with Gasteiger partial charge in [-0.2, -0.15) is 0 Å². The zero-order chi connectivity index (χ0) is 13.9. The smallest absolute Gasteiger partial charge is 0.142 e. The summed E-state index contributed by atoms with van der Waals surface area (Å²) in [6.07, 6.45) is 2.08. The van der Waals surface area contributed by atoms with Gasteiger partial charge >= 0.3 is 0 Å². The van der Waals surface area contributed by atoms with Gasteiger partial charge in [0.2, 0.25) is 0 Å². The van der Waals surface area contributed by atoms with E-state index in [9.17, 15) is 0 Å². The van der Waals surface area contributed by atoms with Crippen molar-refractivity contribution in [2.24, 2.45) is 11.1 Å². The number of benzene rings is 1. The van der Waals surface area contributed by atoms with E-state index in [2.05, 4.69) is 43.9 Å². The Hall–Kier alpha value is -1.22. The summed E-state index contributed by atoms with van der Waals surface area (Å²) in [6.45, 7) is 9.47. The number of hydrogen-bond donors (Lipinski definition) is 1. The van der Waals surface area contributed by atoms with Gasteiger partial charge in [0, 0.05) is 19.1 Å². The molecule has 0 amide bonds. The Morgan fingerprint density at radius 3 is 2.79 bits per heavy atom. The predicted molar refractivity (Wildman–Crippen MR) is 80.8 cm³/mol. The topological polar surface area (TPSA) is 38.5 Å². The van der Waals surface area contributed by atoms with Crippen LogP contribution in [0.3, 0.4) is 0 Å². The van der Waals surface area contributed by atoms with E-state index < -0.39 is 0 Å². The Bertz CT molecular complexity index is 411. The lowest BCUT2D eigenvalue weighted by molar-refractivity contribution is 0.306. The molecule has 0 fully saturated rings. The average molecular weight is 262 g/mol. The van der Waals surface area contributed by atoms with Crippen molar-refractivity contribution < 1.29 is 4.74 Å². The van der Waals surface area contributed by atoms with Crippen LogP contribution in [0.25, 0.3) is 0 Å². The molecule has 1 aromatic carbocycles. The van der Waals surface area contributed by atoms with Crippen molar-refractivity contribution in [3.63, 3.8) is 0 Å². The second-order valence-electron chi connectivity index (χ2n) is 6.42. The molecule has 0 saturated carbocycles. The Morgan fingerprint density at radius 2 is 2.05 bits per heavy atom. The third-order valence-corrected chi connectivity index (χ3v) is 3.86. The van der Waals surface area contributed by atoms with E-state index in [0.717, 1.165) is 38.3 Å². The lowest BCUT2D eigenvalue weighted by Gasteiger charge is -2.30. The van der Waals surface area contributed by atoms with Gasteiger partial charge in [-0.05, 0) is 30.4 Å². The molecular weight excluding hydrogens is 236 g/mol. The van der Waals surface area contributed by atoms with Crippen LogP contribution in [0.2, 0.25) is 0 Å². The van der Waals surface area contributed by atoms with Crippen molar-refractivity contribution in [1.29, 1.82) is 0 Å². The number of fused-ring (bicyclic) bond motifs is 1. The minimum absolute atomic E-state index is 0.169. The number of para-hydroxylation sites is 2. The highest BCUT2D eigenvalue weighted by atomic mass is 16.5. The number of nitrogens with zero attached hydrogens (tertiary/aromatic N) is 1. The summed E-state index contributed by atoms with van der Waals surface area (Å²) < 4.78 is 5.78. The maximum absolute atomic E-state index is 6.27. The van der Waals surface area contributed by atoms with Gasteiger partial charge in [0.15, 0.2) is 0 Å². The average Bonchev–Trinajstić information content (AvgIpc) is 2.57. The van der Waals surface area contributed by atoms with E-state index in [1.165, 1.54) is 5.69 Å². The van der Waals surface area contributed by atoms with Gasteiger partial charge in [-0.1, -0.05) is 32.9 Å². The molecule has 0 saturated heterocycles. The molecule has 1 aromatic rings. The van der Waals surface area contributed by atoms with Gasteiger partial charge in [0.05, 0.1) is 12.3 Å². The van der Waals surface area contributed by atoms with Crippen molar-refractivity contribution in [2.45, 2.75) is 39.7 Å². The molecule has 0 spiro atoms. The first-order chi connectivity index (χ1) is 8.98. The monoisotopic (exact) mass is 262 g/mol. The lowest BCUT2D eigenvalue weighted by atomic mass is 9.85. The van der Waals surface area contributed by atoms with E-state index >= 15 is 0 Å². The molecule has 1 aliphatic rings. The SMILES string of the molecule is CC(C)(C)C(N)CCN1CCCOc2ccccc21. The van der Waals surface area contributed by atoms with Gasteiger partial charge in [-0.3, -0.25) is 0 Å². The van der Waals surface area contributed by atoms with Crippen LogP contribution < -0.4 is 15.4 Å². The number of ether oxygens (including phenoxy) is 1. The lowest BCUT2D eigenvalue weighted by Crippen LogP contribution is -2.39. The summed E-state index contributed by atoms with van der Waals surface area (Å²) in [5, 5.41) is 0. The Kier molecular flexibility index (Phi) is 4.35. The van der Waals surface area contributed by atoms with E-state index in [0.29, 0.717) is 0 Å². The van der Waals surface area contributed by atoms with Gasteiger partial charge in [-0.15, -0.1) is 0 Å². The second-order valence-corrected chi connectivity index (χ2v) is 6.42. The summed E-state index contributed by atoms with van der Waals surface area (Å²) in [7, 11) is 0. The summed E-state index contributed by atoms with van der Waals surface area (Å²) >= 11 is 0. The third-order valence-electron chi connectivity index (χ3n) is 3.86. The van der Waals surface area contributed by atoms with Crippen molar-refractivity contribution in [3.05, 3.63) is 24.3 Å². The molecule has 0 bridgehead atoms. The zero-order valence-corrected chi connectivity index (χ0v) is 12.4. The zero-order valence-electron chi connectivity index (χ0n) is 12.4. The maximum Gasteiger partial charge on any atom is 0.142 e. The van der Waals surface area contributed by atoms with E-state index in [4.69, 9.17) is 10.5 Å². The van der Waals surface area contributed by atoms with Crippen LogP contribution in [0.5, 0.6) is 5.75 Å². The second kappa shape index (κ2) is 5.83. The number of anilines is 1. The summed E-state index contributed by atoms with van der Waals surface area (Å²) in [6, 6.07) is 8.53. The fourth-order valence-corrected chi connectivity index (χ4v) is 2.36. The third kappa shape index (κ3) is 3.63. The molecular formula is C16H26N2O. The summed E-state index contributed by atoms with van der Waals surface area (Å²) in [4.78, 5) is 2.41. The first-order valence-corrected chi connectivity index (χ1v) is 7.21. The Balaban J connectivity index is 2.04. The maximum atomic E-state index is 6.27. The quantitative estimate of drug-likeness (QED) is 0.910. The first kappa shape index (κ1) is 14.2. The molecule has 0 aliphatic carbocycles. The van der Waals surface area contributed by atoms with Crippen LogP contribution in [-0.2, 0) is 0 Å². The van der Waals surface area contributed by atoms with Crippen LogP contribution in [0.1, 0.15) is 33.6 Å². The van der Waals surface area contributed by atoms with E-state index in [-0.39, 0.29) is 11.5 Å². The van der Waals surface area contributed by atoms with E-state index in [1.54, 1.807) is 0 Å². The summed E-state index contributed by atoms with van der Waals surface area (Å²) in [5.41, 5.74) is 7.65. The minimum Gasteiger partial charge on any atom is -0.491 e. The molecule has 3 heteroatoms. The van der Waals surface area contributed by atoms with Crippen molar-refractivity contribution >= 4 is 5.69 Å². The molecule has 1 unspecified atom stereocenters. The highest BCUT2D eigenvalue weighted by Gasteiger charge is 2.22. The molecule has 1 aliphatic heterocycles. The van der Waals surface area contributed by atoms with Gasteiger partial charge in [0.1, 0.15) is 5.75 Å². The first-order valence-electron chi connectivity index (χ1n) is 7.21. The van der Waals surface area contributed by atoms with Crippen LogP contribution in [-0.4, -0.2) is 25.7 Å². The Labute approximate surface area is 116 Å². The molecule has 1 heterocycles. The molecule has 106 valence electrons. The van der Waals surface area contributed by atoms with Crippen molar-refractivity contribution in [3.8, 4) is 5.75 Å². The molecule has 1 atom stereocenters. The molecule has 0 aromatic heterocycles. The van der Waals surface area contributed by atoms with Gasteiger partial charge in [-0.25, -0.2) is 0 Å². The van der Waals surface area contributed by atoms with Crippen LogP contribution in [0.4, 0.5) is 5.69 Å². The van der Waals surface area contributed by atoms with Gasteiger partial charge in [0.25, 0.3) is 0 Å². The predicted octanol–water partition coefficient (Wildman–Crippen LogP) is 3.04. The normalized spacial score (nSPS) is 17.4. The largest absolute Gasteiger partial charge is 0.491 e. The summed E-state index contributed by atoms with van der Waals surface area (Å²) in [5.74, 6) is 1.00. The van der Waals surface area contributed by atoms with Crippen LogP contribution in [0, 0.1) is 5.41 Å². The fraction of sp³-hybridized carbons (Fsp3) is 0.625. The Morgan fingerprint density at radius 1 is 1.32 bits per heavy atom. The molecule has 3 nitrogen and oxygen atoms in total. The number of nitrogens with two attached hydrogens (primary N) is 1. The highest BCUT2D eigenvalue weighted by molar-refractivity contribution is 5.58.